The summed E-state index contributed by atoms with van der Waals surface area (Å²) in [7, 11) is -3.57. The van der Waals surface area contributed by atoms with Gasteiger partial charge in [0.1, 0.15) is 6.04 Å². The Hall–Kier alpha value is -2.58. The molecule has 2 aromatic rings. The van der Waals surface area contributed by atoms with Gasteiger partial charge in [-0.25, -0.2) is 8.42 Å². The molecule has 0 bridgehead atoms. The van der Waals surface area contributed by atoms with Gasteiger partial charge in [-0.05, 0) is 56.9 Å². The molecule has 0 radical (unpaired) electrons. The molecule has 0 fully saturated rings. The van der Waals surface area contributed by atoms with Crippen LogP contribution in [0.5, 0.6) is 0 Å². The Morgan fingerprint density at radius 1 is 1.06 bits per heavy atom. The molecule has 0 aromatic heterocycles. The molecule has 0 saturated heterocycles. The zero-order valence-corrected chi connectivity index (χ0v) is 23.4. The highest BCUT2D eigenvalue weighted by atomic mass is 35.5. The van der Waals surface area contributed by atoms with E-state index in [1.807, 2.05) is 52.0 Å². The van der Waals surface area contributed by atoms with Gasteiger partial charge in [0.2, 0.25) is 21.8 Å². The summed E-state index contributed by atoms with van der Waals surface area (Å²) in [6, 6.07) is 13.9. The molecule has 2 atom stereocenters. The van der Waals surface area contributed by atoms with Gasteiger partial charge in [0.05, 0.1) is 11.9 Å². The van der Waals surface area contributed by atoms with Crippen LogP contribution < -0.4 is 9.62 Å². The third-order valence-corrected chi connectivity index (χ3v) is 7.54. The van der Waals surface area contributed by atoms with Crippen LogP contribution in [0.15, 0.2) is 48.5 Å². The molecule has 0 heterocycles. The molecule has 198 valence electrons. The summed E-state index contributed by atoms with van der Waals surface area (Å²) in [5, 5.41) is 3.43. The predicted molar refractivity (Wildman–Crippen MR) is 147 cm³/mol. The number of halogens is 1. The van der Waals surface area contributed by atoms with Crippen molar-refractivity contribution in [3.05, 3.63) is 64.7 Å². The number of carbonyl (C=O) groups is 2. The van der Waals surface area contributed by atoms with Gasteiger partial charge >= 0.3 is 0 Å². The molecule has 0 aliphatic rings. The molecule has 2 rings (SSSR count). The zero-order valence-electron chi connectivity index (χ0n) is 21.8. The first-order valence-corrected chi connectivity index (χ1v) is 14.6. The standard InChI is InChI=1S/C27H38ClN3O4S/c1-6-21(4)29-27(33)25(7-2)30(19-22-15-13-20(3)14-16-22)26(32)12-9-17-31(36(5,34)35)24-11-8-10-23(28)18-24/h8,10-11,13-16,18,21,25H,6-7,9,12,17,19H2,1-5H3,(H,29,33)/t21-,25-/m1/s1. The average molecular weight is 536 g/mol. The van der Waals surface area contributed by atoms with Gasteiger partial charge in [0.15, 0.2) is 0 Å². The maximum absolute atomic E-state index is 13.5. The fraction of sp³-hybridized carbons (Fsp3) is 0.481. The lowest BCUT2D eigenvalue weighted by molar-refractivity contribution is -0.141. The van der Waals surface area contributed by atoms with Crippen LogP contribution in [0.25, 0.3) is 0 Å². The van der Waals surface area contributed by atoms with E-state index in [-0.39, 0.29) is 30.8 Å². The lowest BCUT2D eigenvalue weighted by atomic mass is 10.1. The fourth-order valence-corrected chi connectivity index (χ4v) is 5.03. The summed E-state index contributed by atoms with van der Waals surface area (Å²) in [5.41, 5.74) is 2.49. The molecular formula is C27H38ClN3O4S. The lowest BCUT2D eigenvalue weighted by Gasteiger charge is -2.32. The highest BCUT2D eigenvalue weighted by Crippen LogP contribution is 2.23. The third-order valence-electron chi connectivity index (χ3n) is 6.11. The minimum atomic E-state index is -3.57. The number of sulfonamides is 1. The van der Waals surface area contributed by atoms with Crippen molar-refractivity contribution in [2.24, 2.45) is 0 Å². The van der Waals surface area contributed by atoms with E-state index < -0.39 is 16.1 Å². The molecule has 2 aromatic carbocycles. The van der Waals surface area contributed by atoms with Crippen molar-refractivity contribution in [2.75, 3.05) is 17.1 Å². The molecule has 7 nitrogen and oxygen atoms in total. The number of hydrogen-bond acceptors (Lipinski definition) is 4. The average Bonchev–Trinajstić information content (AvgIpc) is 2.81. The smallest absolute Gasteiger partial charge is 0.243 e. The topological polar surface area (TPSA) is 86.8 Å². The SMILES string of the molecule is CC[C@@H](C)NC(=O)[C@@H](CC)N(Cc1ccc(C)cc1)C(=O)CCCN(c1cccc(Cl)c1)S(C)(=O)=O. The normalized spacial score (nSPS) is 13.1. The van der Waals surface area contributed by atoms with Crippen LogP contribution in [0, 0.1) is 6.92 Å². The Labute approximate surface area is 220 Å². The summed E-state index contributed by atoms with van der Waals surface area (Å²) in [5.74, 6) is -0.370. The molecule has 0 aliphatic carbocycles. The Morgan fingerprint density at radius 3 is 2.28 bits per heavy atom. The highest BCUT2D eigenvalue weighted by molar-refractivity contribution is 7.92. The summed E-state index contributed by atoms with van der Waals surface area (Å²) in [4.78, 5) is 28.1. The number of rotatable bonds is 13. The van der Waals surface area contributed by atoms with Gasteiger partial charge in [-0.2, -0.15) is 0 Å². The Balaban J connectivity index is 2.22. The quantitative estimate of drug-likeness (QED) is 0.394. The van der Waals surface area contributed by atoms with Crippen molar-refractivity contribution in [2.45, 2.75) is 72.0 Å². The van der Waals surface area contributed by atoms with Gasteiger partial charge < -0.3 is 10.2 Å². The van der Waals surface area contributed by atoms with Crippen molar-refractivity contribution in [1.29, 1.82) is 0 Å². The molecule has 0 saturated carbocycles. The number of aryl methyl sites for hydroxylation is 1. The van der Waals surface area contributed by atoms with Crippen molar-refractivity contribution >= 4 is 39.1 Å². The summed E-state index contributed by atoms with van der Waals surface area (Å²) in [6.07, 6.45) is 2.79. The van der Waals surface area contributed by atoms with Crippen LogP contribution in [-0.4, -0.2) is 50.0 Å². The van der Waals surface area contributed by atoms with Crippen LogP contribution in [0.2, 0.25) is 5.02 Å². The van der Waals surface area contributed by atoms with Crippen LogP contribution in [-0.2, 0) is 26.2 Å². The number of hydrogen-bond donors (Lipinski definition) is 1. The second kappa shape index (κ2) is 13.7. The van der Waals surface area contributed by atoms with E-state index in [1.165, 1.54) is 4.31 Å². The van der Waals surface area contributed by atoms with E-state index in [2.05, 4.69) is 5.32 Å². The van der Waals surface area contributed by atoms with Crippen molar-refractivity contribution in [3.63, 3.8) is 0 Å². The van der Waals surface area contributed by atoms with E-state index in [4.69, 9.17) is 11.6 Å². The molecule has 0 aliphatic heterocycles. The Morgan fingerprint density at radius 2 is 1.72 bits per heavy atom. The van der Waals surface area contributed by atoms with E-state index in [9.17, 15) is 18.0 Å². The number of carbonyl (C=O) groups excluding carboxylic acids is 2. The predicted octanol–water partition coefficient (Wildman–Crippen LogP) is 4.92. The minimum absolute atomic E-state index is 0.00360. The molecule has 1 N–H and O–H groups in total. The summed E-state index contributed by atoms with van der Waals surface area (Å²) < 4.78 is 26.1. The molecule has 0 spiro atoms. The molecular weight excluding hydrogens is 498 g/mol. The number of benzene rings is 2. The molecule has 2 amide bonds. The Bertz CT molecular complexity index is 1120. The second-order valence-corrected chi connectivity index (χ2v) is 11.5. The van der Waals surface area contributed by atoms with E-state index in [1.54, 1.807) is 29.2 Å². The third kappa shape index (κ3) is 8.82. The van der Waals surface area contributed by atoms with Gasteiger partial charge in [-0.1, -0.05) is 61.3 Å². The minimum Gasteiger partial charge on any atom is -0.352 e. The zero-order chi connectivity index (χ0) is 26.9. The van der Waals surface area contributed by atoms with Crippen molar-refractivity contribution in [3.8, 4) is 0 Å². The molecule has 0 unspecified atom stereocenters. The first-order chi connectivity index (χ1) is 17.0. The number of nitrogens with one attached hydrogen (secondary N) is 1. The second-order valence-electron chi connectivity index (χ2n) is 9.17. The van der Waals surface area contributed by atoms with Crippen molar-refractivity contribution in [1.82, 2.24) is 10.2 Å². The van der Waals surface area contributed by atoms with Crippen LogP contribution in [0.4, 0.5) is 5.69 Å². The van der Waals surface area contributed by atoms with Gasteiger partial charge in [-0.3, -0.25) is 13.9 Å². The van der Waals surface area contributed by atoms with Crippen LogP contribution in [0.1, 0.15) is 57.6 Å². The summed E-state index contributed by atoms with van der Waals surface area (Å²) in [6.45, 7) is 8.24. The fourth-order valence-electron chi connectivity index (χ4n) is 3.89. The largest absolute Gasteiger partial charge is 0.352 e. The lowest BCUT2D eigenvalue weighted by Crippen LogP contribution is -2.50. The van der Waals surface area contributed by atoms with E-state index >= 15 is 0 Å². The number of nitrogens with zero attached hydrogens (tertiary/aromatic N) is 2. The Kier molecular flexibility index (Phi) is 11.2. The van der Waals surface area contributed by atoms with Gasteiger partial charge in [-0.15, -0.1) is 0 Å². The molecule has 9 heteroatoms. The first kappa shape index (κ1) is 29.6. The number of anilines is 1. The summed E-state index contributed by atoms with van der Waals surface area (Å²) >= 11 is 6.06. The maximum atomic E-state index is 13.5. The highest BCUT2D eigenvalue weighted by Gasteiger charge is 2.29. The van der Waals surface area contributed by atoms with E-state index in [0.717, 1.165) is 23.8 Å². The number of amides is 2. The van der Waals surface area contributed by atoms with Crippen LogP contribution >= 0.6 is 11.6 Å². The van der Waals surface area contributed by atoms with Gasteiger partial charge in [0.25, 0.3) is 0 Å². The van der Waals surface area contributed by atoms with Crippen LogP contribution in [0.3, 0.4) is 0 Å². The monoisotopic (exact) mass is 535 g/mol. The van der Waals surface area contributed by atoms with Gasteiger partial charge in [0, 0.05) is 30.6 Å². The first-order valence-electron chi connectivity index (χ1n) is 12.3. The maximum Gasteiger partial charge on any atom is 0.243 e. The van der Waals surface area contributed by atoms with E-state index in [0.29, 0.717) is 30.1 Å². The molecule has 36 heavy (non-hydrogen) atoms. The van der Waals surface area contributed by atoms with Crippen molar-refractivity contribution < 1.29 is 18.0 Å².